The van der Waals surface area contributed by atoms with E-state index < -0.39 is 6.04 Å². The standard InChI is InChI=1S/C30H34Cl2N2O3/c1-4-17-33-30(36)27(18-22-11-6-5-7-12-22)34(19-24-25(31)14-10-15-26(24)32)29(35)20-37-28-16-9-8-13-23(28)21(2)3/h5-16,21,27H,4,17-20H2,1-3H3,(H,33,36)/t27-/m1/s1. The number of hydrogen-bond acceptors (Lipinski definition) is 3. The zero-order valence-electron chi connectivity index (χ0n) is 21.5. The maximum absolute atomic E-state index is 13.8. The first kappa shape index (κ1) is 28.5. The molecule has 0 radical (unpaired) electrons. The van der Waals surface area contributed by atoms with Crippen LogP contribution in [0.3, 0.4) is 0 Å². The lowest BCUT2D eigenvalue weighted by atomic mass is 10.0. The Morgan fingerprint density at radius 3 is 2.22 bits per heavy atom. The van der Waals surface area contributed by atoms with Gasteiger partial charge >= 0.3 is 0 Å². The van der Waals surface area contributed by atoms with Crippen LogP contribution in [0.15, 0.2) is 72.8 Å². The van der Waals surface area contributed by atoms with Gasteiger partial charge in [-0.05, 0) is 41.7 Å². The van der Waals surface area contributed by atoms with E-state index in [2.05, 4.69) is 19.2 Å². The summed E-state index contributed by atoms with van der Waals surface area (Å²) in [6.07, 6.45) is 1.12. The first-order chi connectivity index (χ1) is 17.8. The summed E-state index contributed by atoms with van der Waals surface area (Å²) in [6, 6.07) is 21.7. The predicted molar refractivity (Wildman–Crippen MR) is 150 cm³/mol. The molecule has 0 aliphatic carbocycles. The first-order valence-corrected chi connectivity index (χ1v) is 13.3. The SMILES string of the molecule is CCCNC(=O)[C@@H](Cc1ccccc1)N(Cc1c(Cl)cccc1Cl)C(=O)COc1ccccc1C(C)C. The Morgan fingerprint density at radius 1 is 0.919 bits per heavy atom. The van der Waals surface area contributed by atoms with Crippen LogP contribution in [0.1, 0.15) is 49.8 Å². The minimum atomic E-state index is -0.780. The summed E-state index contributed by atoms with van der Waals surface area (Å²) in [6.45, 7) is 6.49. The summed E-state index contributed by atoms with van der Waals surface area (Å²) in [7, 11) is 0. The highest BCUT2D eigenvalue weighted by Gasteiger charge is 2.31. The molecular formula is C30H34Cl2N2O3. The third kappa shape index (κ3) is 7.98. The fourth-order valence-electron chi connectivity index (χ4n) is 4.09. The molecular weight excluding hydrogens is 507 g/mol. The molecule has 0 heterocycles. The van der Waals surface area contributed by atoms with Gasteiger partial charge in [-0.2, -0.15) is 0 Å². The van der Waals surface area contributed by atoms with Gasteiger partial charge in [-0.15, -0.1) is 0 Å². The van der Waals surface area contributed by atoms with Gasteiger partial charge in [0.2, 0.25) is 5.91 Å². The van der Waals surface area contributed by atoms with Gasteiger partial charge in [0.15, 0.2) is 6.61 Å². The Balaban J connectivity index is 1.96. The molecule has 3 aromatic carbocycles. The Bertz CT molecular complexity index is 1160. The average Bonchev–Trinajstić information content (AvgIpc) is 2.90. The van der Waals surface area contributed by atoms with Crippen LogP contribution in [-0.2, 0) is 22.6 Å². The van der Waals surface area contributed by atoms with Gasteiger partial charge in [0, 0.05) is 35.1 Å². The van der Waals surface area contributed by atoms with Crippen molar-refractivity contribution in [2.75, 3.05) is 13.2 Å². The number of rotatable bonds is 12. The van der Waals surface area contributed by atoms with Crippen LogP contribution < -0.4 is 10.1 Å². The van der Waals surface area contributed by atoms with Gasteiger partial charge in [-0.25, -0.2) is 0 Å². The smallest absolute Gasteiger partial charge is 0.261 e. The molecule has 0 aliphatic rings. The predicted octanol–water partition coefficient (Wildman–Crippen LogP) is 6.66. The van der Waals surface area contributed by atoms with Crippen molar-refractivity contribution in [3.63, 3.8) is 0 Å². The monoisotopic (exact) mass is 540 g/mol. The van der Waals surface area contributed by atoms with E-state index in [4.69, 9.17) is 27.9 Å². The topological polar surface area (TPSA) is 58.6 Å². The zero-order chi connectivity index (χ0) is 26.8. The van der Waals surface area contributed by atoms with Crippen LogP contribution in [-0.4, -0.2) is 35.9 Å². The number of carbonyl (C=O) groups excluding carboxylic acids is 2. The molecule has 7 heteroatoms. The zero-order valence-corrected chi connectivity index (χ0v) is 23.1. The molecule has 1 N–H and O–H groups in total. The van der Waals surface area contributed by atoms with E-state index in [0.29, 0.717) is 34.3 Å². The Morgan fingerprint density at radius 2 is 1.57 bits per heavy atom. The highest BCUT2D eigenvalue weighted by atomic mass is 35.5. The minimum absolute atomic E-state index is 0.0730. The van der Waals surface area contributed by atoms with Gasteiger partial charge < -0.3 is 15.0 Å². The molecule has 5 nitrogen and oxygen atoms in total. The Hall–Kier alpha value is -3.02. The van der Waals surface area contributed by atoms with Gasteiger partial charge in [0.25, 0.3) is 5.91 Å². The summed E-state index contributed by atoms with van der Waals surface area (Å²) in [5.74, 6) is 0.318. The number of halogens is 2. The van der Waals surface area contributed by atoms with Crippen LogP contribution >= 0.6 is 23.2 Å². The Kier molecular flexibility index (Phi) is 10.8. The summed E-state index contributed by atoms with van der Waals surface area (Å²) >= 11 is 13.0. The lowest BCUT2D eigenvalue weighted by Crippen LogP contribution is -2.51. The van der Waals surface area contributed by atoms with E-state index in [0.717, 1.165) is 17.5 Å². The Labute approximate surface area is 229 Å². The number of nitrogens with zero attached hydrogens (tertiary/aromatic N) is 1. The molecule has 37 heavy (non-hydrogen) atoms. The summed E-state index contributed by atoms with van der Waals surface area (Å²) in [5, 5.41) is 3.83. The van der Waals surface area contributed by atoms with E-state index in [1.165, 1.54) is 4.90 Å². The van der Waals surface area contributed by atoms with E-state index in [-0.39, 0.29) is 30.9 Å². The van der Waals surface area contributed by atoms with Crippen molar-refractivity contribution < 1.29 is 14.3 Å². The number of para-hydroxylation sites is 1. The van der Waals surface area contributed by atoms with Crippen molar-refractivity contribution in [3.8, 4) is 5.75 Å². The number of nitrogens with one attached hydrogen (secondary N) is 1. The van der Waals surface area contributed by atoms with Crippen LogP contribution in [0.4, 0.5) is 0 Å². The number of ether oxygens (including phenoxy) is 1. The molecule has 0 bridgehead atoms. The van der Waals surface area contributed by atoms with E-state index >= 15 is 0 Å². The molecule has 3 aromatic rings. The average molecular weight is 542 g/mol. The normalized spacial score (nSPS) is 11.7. The molecule has 0 aliphatic heterocycles. The molecule has 3 rings (SSSR count). The maximum Gasteiger partial charge on any atom is 0.261 e. The van der Waals surface area contributed by atoms with E-state index in [1.54, 1.807) is 18.2 Å². The number of hydrogen-bond donors (Lipinski definition) is 1. The number of amides is 2. The van der Waals surface area contributed by atoms with E-state index in [1.807, 2.05) is 61.5 Å². The molecule has 0 saturated carbocycles. The van der Waals surface area contributed by atoms with Gasteiger partial charge in [-0.3, -0.25) is 9.59 Å². The molecule has 1 atom stereocenters. The maximum atomic E-state index is 13.8. The second-order valence-corrected chi connectivity index (χ2v) is 10.0. The molecule has 0 unspecified atom stereocenters. The second kappa shape index (κ2) is 14.1. The van der Waals surface area contributed by atoms with Crippen LogP contribution in [0, 0.1) is 0 Å². The van der Waals surface area contributed by atoms with Gasteiger partial charge in [0.1, 0.15) is 11.8 Å². The number of carbonyl (C=O) groups is 2. The molecule has 0 aromatic heterocycles. The quantitative estimate of drug-likeness (QED) is 0.279. The van der Waals surface area contributed by atoms with E-state index in [9.17, 15) is 9.59 Å². The number of benzene rings is 3. The molecule has 0 saturated heterocycles. The molecule has 0 spiro atoms. The molecule has 2 amide bonds. The lowest BCUT2D eigenvalue weighted by molar-refractivity contribution is -0.142. The van der Waals surface area contributed by atoms with Gasteiger partial charge in [-0.1, -0.05) is 98.6 Å². The van der Waals surface area contributed by atoms with Crippen molar-refractivity contribution in [1.29, 1.82) is 0 Å². The van der Waals surface area contributed by atoms with Crippen LogP contribution in [0.2, 0.25) is 10.0 Å². The highest BCUT2D eigenvalue weighted by molar-refractivity contribution is 6.36. The lowest BCUT2D eigenvalue weighted by Gasteiger charge is -2.32. The fourth-order valence-corrected chi connectivity index (χ4v) is 4.60. The van der Waals surface area contributed by atoms with Gasteiger partial charge in [0.05, 0.1) is 0 Å². The third-order valence-corrected chi connectivity index (χ3v) is 6.81. The van der Waals surface area contributed by atoms with Crippen molar-refractivity contribution in [3.05, 3.63) is 99.5 Å². The molecule has 196 valence electrons. The highest BCUT2D eigenvalue weighted by Crippen LogP contribution is 2.28. The minimum Gasteiger partial charge on any atom is -0.483 e. The summed E-state index contributed by atoms with van der Waals surface area (Å²) in [4.78, 5) is 28.7. The second-order valence-electron chi connectivity index (χ2n) is 9.20. The third-order valence-electron chi connectivity index (χ3n) is 6.10. The first-order valence-electron chi connectivity index (χ1n) is 12.6. The summed E-state index contributed by atoms with van der Waals surface area (Å²) in [5.41, 5.74) is 2.54. The largest absolute Gasteiger partial charge is 0.483 e. The van der Waals surface area contributed by atoms with Crippen LogP contribution in [0.5, 0.6) is 5.75 Å². The summed E-state index contributed by atoms with van der Waals surface area (Å²) < 4.78 is 6.01. The molecule has 0 fully saturated rings. The van der Waals surface area contributed by atoms with Crippen LogP contribution in [0.25, 0.3) is 0 Å². The van der Waals surface area contributed by atoms with Crippen molar-refractivity contribution in [2.24, 2.45) is 0 Å². The van der Waals surface area contributed by atoms with Crippen molar-refractivity contribution >= 4 is 35.0 Å². The van der Waals surface area contributed by atoms with Crippen molar-refractivity contribution in [2.45, 2.75) is 52.1 Å². The van der Waals surface area contributed by atoms with Crippen molar-refractivity contribution in [1.82, 2.24) is 10.2 Å². The fraction of sp³-hybridized carbons (Fsp3) is 0.333.